The van der Waals surface area contributed by atoms with E-state index >= 15 is 0 Å². The van der Waals surface area contributed by atoms with Crippen LogP contribution in [0, 0.1) is 24.0 Å². The van der Waals surface area contributed by atoms with Gasteiger partial charge in [-0.25, -0.2) is 8.78 Å². The van der Waals surface area contributed by atoms with Gasteiger partial charge >= 0.3 is 0 Å². The molecule has 0 radical (unpaired) electrons. The van der Waals surface area contributed by atoms with Crippen LogP contribution in [0.1, 0.15) is 31.9 Å². The van der Waals surface area contributed by atoms with Gasteiger partial charge in [-0.2, -0.15) is 0 Å². The molecule has 1 rings (SSSR count). The first kappa shape index (κ1) is 12.7. The Hall–Kier alpha value is -1.40. The molecule has 1 nitrogen and oxygen atoms in total. The molecule has 3 heteroatoms. The molecular weight excluding hydrogens is 208 g/mol. The quantitative estimate of drug-likeness (QED) is 0.774. The van der Waals surface area contributed by atoms with E-state index in [0.29, 0.717) is 5.56 Å². The second-order valence-electron chi connectivity index (χ2n) is 3.68. The molecule has 0 spiro atoms. The van der Waals surface area contributed by atoms with Crippen molar-refractivity contribution in [2.45, 2.75) is 32.4 Å². The minimum absolute atomic E-state index is 0.0977. The minimum Gasteiger partial charge on any atom is -0.297 e. The molecule has 0 amide bonds. The highest BCUT2D eigenvalue weighted by Gasteiger charge is 2.13. The normalized spacial score (nSPS) is 14.2. The van der Waals surface area contributed by atoms with E-state index in [0.717, 1.165) is 12.5 Å². The van der Waals surface area contributed by atoms with Gasteiger partial charge in [-0.3, -0.25) is 5.32 Å². The van der Waals surface area contributed by atoms with Gasteiger partial charge in [-0.15, -0.1) is 6.42 Å². The third-order valence-electron chi connectivity index (χ3n) is 2.49. The van der Waals surface area contributed by atoms with E-state index in [4.69, 9.17) is 6.42 Å². The zero-order valence-corrected chi connectivity index (χ0v) is 9.43. The first-order valence-corrected chi connectivity index (χ1v) is 5.25. The van der Waals surface area contributed by atoms with Crippen molar-refractivity contribution in [1.82, 2.24) is 5.32 Å². The Morgan fingerprint density at radius 1 is 1.44 bits per heavy atom. The molecule has 2 unspecified atom stereocenters. The summed E-state index contributed by atoms with van der Waals surface area (Å²) in [5.74, 6) is 1.45. The average Bonchev–Trinajstić information content (AvgIpc) is 2.25. The summed E-state index contributed by atoms with van der Waals surface area (Å²) in [6, 6.07) is 3.23. The highest BCUT2D eigenvalue weighted by Crippen LogP contribution is 2.18. The van der Waals surface area contributed by atoms with E-state index in [9.17, 15) is 8.78 Å². The van der Waals surface area contributed by atoms with Crippen molar-refractivity contribution in [3.05, 3.63) is 35.4 Å². The summed E-state index contributed by atoms with van der Waals surface area (Å²) in [5.41, 5.74) is 0.426. The maximum atomic E-state index is 13.4. The maximum Gasteiger partial charge on any atom is 0.130 e. The summed E-state index contributed by atoms with van der Waals surface area (Å²) >= 11 is 0. The monoisotopic (exact) mass is 223 g/mol. The van der Waals surface area contributed by atoms with Crippen molar-refractivity contribution in [2.75, 3.05) is 0 Å². The van der Waals surface area contributed by atoms with Crippen LogP contribution in [0.4, 0.5) is 8.78 Å². The molecule has 16 heavy (non-hydrogen) atoms. The lowest BCUT2D eigenvalue weighted by Gasteiger charge is -2.19. The number of rotatable bonds is 4. The molecule has 86 valence electrons. The van der Waals surface area contributed by atoms with E-state index < -0.39 is 11.6 Å². The van der Waals surface area contributed by atoms with Crippen LogP contribution in [0.2, 0.25) is 0 Å². The Labute approximate surface area is 94.9 Å². The minimum atomic E-state index is -0.572. The summed E-state index contributed by atoms with van der Waals surface area (Å²) < 4.78 is 26.1. The van der Waals surface area contributed by atoms with E-state index in [1.807, 2.05) is 6.92 Å². The molecule has 0 aromatic heterocycles. The molecule has 1 aromatic rings. The van der Waals surface area contributed by atoms with Crippen molar-refractivity contribution in [3.63, 3.8) is 0 Å². The van der Waals surface area contributed by atoms with Crippen LogP contribution in [0.3, 0.4) is 0 Å². The van der Waals surface area contributed by atoms with Crippen molar-refractivity contribution in [1.29, 1.82) is 0 Å². The van der Waals surface area contributed by atoms with Crippen LogP contribution in [0.25, 0.3) is 0 Å². The summed E-state index contributed by atoms with van der Waals surface area (Å²) in [7, 11) is 0. The summed E-state index contributed by atoms with van der Waals surface area (Å²) in [6.45, 7) is 3.75. The van der Waals surface area contributed by atoms with E-state index in [1.54, 1.807) is 6.92 Å². The van der Waals surface area contributed by atoms with Gasteiger partial charge in [-0.05, 0) is 19.4 Å². The number of nitrogens with one attached hydrogen (secondary N) is 1. The lowest BCUT2D eigenvalue weighted by atomic mass is 10.1. The van der Waals surface area contributed by atoms with Gasteiger partial charge < -0.3 is 0 Å². The summed E-state index contributed by atoms with van der Waals surface area (Å²) in [4.78, 5) is 0. The van der Waals surface area contributed by atoms with Crippen molar-refractivity contribution >= 4 is 0 Å². The van der Waals surface area contributed by atoms with Crippen LogP contribution >= 0.6 is 0 Å². The summed E-state index contributed by atoms with van der Waals surface area (Å²) in [6.07, 6.45) is 6.07. The third kappa shape index (κ3) is 3.04. The van der Waals surface area contributed by atoms with Crippen LogP contribution in [-0.2, 0) is 0 Å². The fourth-order valence-electron chi connectivity index (χ4n) is 1.53. The summed E-state index contributed by atoms with van der Waals surface area (Å²) in [5, 5.41) is 3.09. The average molecular weight is 223 g/mol. The van der Waals surface area contributed by atoms with Gasteiger partial charge in [0.25, 0.3) is 0 Å². The fraction of sp³-hybridized carbons (Fsp3) is 0.385. The predicted octanol–water partition coefficient (Wildman–Crippen LogP) is 3.03. The first-order valence-electron chi connectivity index (χ1n) is 5.25. The Morgan fingerprint density at radius 2 is 2.12 bits per heavy atom. The predicted molar refractivity (Wildman–Crippen MR) is 60.8 cm³/mol. The van der Waals surface area contributed by atoms with E-state index in [1.165, 1.54) is 12.1 Å². The molecule has 0 fully saturated rings. The van der Waals surface area contributed by atoms with Crippen LogP contribution < -0.4 is 5.32 Å². The van der Waals surface area contributed by atoms with Gasteiger partial charge in [0.05, 0.1) is 6.04 Å². The number of hydrogen-bond acceptors (Lipinski definition) is 1. The molecule has 0 aliphatic rings. The molecular formula is C13H15F2N. The van der Waals surface area contributed by atoms with Gasteiger partial charge in [0.2, 0.25) is 0 Å². The van der Waals surface area contributed by atoms with Crippen molar-refractivity contribution < 1.29 is 8.78 Å². The molecule has 0 bridgehead atoms. The molecule has 0 aliphatic heterocycles. The highest BCUT2D eigenvalue weighted by atomic mass is 19.1. The number of benzene rings is 1. The number of terminal acetylenes is 1. The SMILES string of the molecule is C#CC(CC)NC(C)c1ccc(F)cc1F. The Kier molecular flexibility index (Phi) is 4.45. The van der Waals surface area contributed by atoms with E-state index in [-0.39, 0.29) is 12.1 Å². The zero-order chi connectivity index (χ0) is 12.1. The lowest BCUT2D eigenvalue weighted by Crippen LogP contribution is -2.30. The molecule has 2 atom stereocenters. The molecule has 0 aliphatic carbocycles. The topological polar surface area (TPSA) is 12.0 Å². The highest BCUT2D eigenvalue weighted by molar-refractivity contribution is 5.22. The Balaban J connectivity index is 2.81. The number of hydrogen-bond donors (Lipinski definition) is 1. The van der Waals surface area contributed by atoms with Crippen molar-refractivity contribution in [2.24, 2.45) is 0 Å². The Bertz CT molecular complexity index is 395. The van der Waals surface area contributed by atoms with Crippen molar-refractivity contribution in [3.8, 4) is 12.3 Å². The second-order valence-corrected chi connectivity index (χ2v) is 3.68. The van der Waals surface area contributed by atoms with Crippen LogP contribution in [0.5, 0.6) is 0 Å². The Morgan fingerprint density at radius 3 is 2.62 bits per heavy atom. The van der Waals surface area contributed by atoms with Gasteiger partial charge in [0, 0.05) is 17.7 Å². The fourth-order valence-corrected chi connectivity index (χ4v) is 1.53. The first-order chi connectivity index (χ1) is 7.58. The van der Waals surface area contributed by atoms with Crippen LogP contribution in [-0.4, -0.2) is 6.04 Å². The lowest BCUT2D eigenvalue weighted by molar-refractivity contribution is 0.484. The molecule has 0 saturated heterocycles. The van der Waals surface area contributed by atoms with Crippen LogP contribution in [0.15, 0.2) is 18.2 Å². The van der Waals surface area contributed by atoms with Gasteiger partial charge in [-0.1, -0.05) is 18.9 Å². The maximum absolute atomic E-state index is 13.4. The standard InChI is InChI=1S/C13H15F2N/c1-4-11(5-2)16-9(3)12-7-6-10(14)8-13(12)15/h1,6-9,11,16H,5H2,2-3H3. The van der Waals surface area contributed by atoms with Gasteiger partial charge in [0.15, 0.2) is 0 Å². The second kappa shape index (κ2) is 5.62. The zero-order valence-electron chi connectivity index (χ0n) is 9.43. The third-order valence-corrected chi connectivity index (χ3v) is 2.49. The molecule has 1 N–H and O–H groups in total. The molecule has 0 saturated carbocycles. The number of halogens is 2. The smallest absolute Gasteiger partial charge is 0.130 e. The largest absolute Gasteiger partial charge is 0.297 e. The van der Waals surface area contributed by atoms with Gasteiger partial charge in [0.1, 0.15) is 11.6 Å². The van der Waals surface area contributed by atoms with E-state index in [2.05, 4.69) is 11.2 Å². The molecule has 0 heterocycles. The molecule has 1 aromatic carbocycles.